The van der Waals surface area contributed by atoms with E-state index < -0.39 is 5.60 Å². The van der Waals surface area contributed by atoms with Gasteiger partial charge >= 0.3 is 0 Å². The van der Waals surface area contributed by atoms with E-state index in [1.165, 1.54) is 6.33 Å². The largest absolute Gasteiger partial charge is 0.491 e. The summed E-state index contributed by atoms with van der Waals surface area (Å²) in [6, 6.07) is 11.8. The van der Waals surface area contributed by atoms with Crippen LogP contribution in [-0.4, -0.2) is 37.5 Å². The fourth-order valence-electron chi connectivity index (χ4n) is 3.38. The molecule has 0 bridgehead atoms. The highest BCUT2D eigenvalue weighted by molar-refractivity contribution is 5.96. The quantitative estimate of drug-likeness (QED) is 0.448. The molecular weight excluding hydrogens is 378 g/mol. The minimum Gasteiger partial charge on any atom is -0.491 e. The molecule has 0 spiro atoms. The first-order valence-corrected chi connectivity index (χ1v) is 10.1. The molecule has 0 fully saturated rings. The molecule has 0 aliphatic heterocycles. The molecule has 4 rings (SSSR count). The maximum atomic E-state index is 9.86. The summed E-state index contributed by atoms with van der Waals surface area (Å²) >= 11 is 0. The molecule has 4 N–H and O–H groups in total. The predicted octanol–water partition coefficient (Wildman–Crippen LogP) is 3.98. The normalized spacial score (nSPS) is 13.3. The molecule has 0 saturated carbocycles. The molecule has 1 unspecified atom stereocenters. The number of hydrogen-bond acceptors (Lipinski definition) is 6. The summed E-state index contributed by atoms with van der Waals surface area (Å²) in [5.41, 5.74) is 8.77. The van der Waals surface area contributed by atoms with Gasteiger partial charge in [0, 0.05) is 5.56 Å². The van der Waals surface area contributed by atoms with Gasteiger partial charge in [0.25, 0.3) is 0 Å². The smallest absolute Gasteiger partial charge is 0.159 e. The van der Waals surface area contributed by atoms with Crippen LogP contribution in [0.1, 0.15) is 39.4 Å². The van der Waals surface area contributed by atoms with Crippen LogP contribution in [0.25, 0.3) is 33.1 Å². The minimum atomic E-state index is -0.879. The lowest BCUT2D eigenvalue weighted by atomic mass is 9.97. The molecule has 2 heterocycles. The summed E-state index contributed by atoms with van der Waals surface area (Å²) in [4.78, 5) is 8.79. The molecule has 4 aromatic rings. The molecular formula is C23H27N5O2. The Kier molecular flexibility index (Phi) is 5.17. The molecule has 0 aliphatic rings. The molecule has 156 valence electrons. The molecule has 2 aromatic carbocycles. The number of aromatic amines is 1. The van der Waals surface area contributed by atoms with Crippen molar-refractivity contribution in [1.82, 2.24) is 20.2 Å². The summed E-state index contributed by atoms with van der Waals surface area (Å²) in [5.74, 6) is 0.964. The summed E-state index contributed by atoms with van der Waals surface area (Å²) < 4.78 is 5.71. The van der Waals surface area contributed by atoms with Gasteiger partial charge in [0.2, 0.25) is 0 Å². The second-order valence-electron chi connectivity index (χ2n) is 8.65. The van der Waals surface area contributed by atoms with Crippen molar-refractivity contribution >= 4 is 21.8 Å². The Morgan fingerprint density at radius 1 is 1.10 bits per heavy atom. The van der Waals surface area contributed by atoms with Crippen molar-refractivity contribution in [2.75, 3.05) is 6.61 Å². The summed E-state index contributed by atoms with van der Waals surface area (Å²) in [6.07, 6.45) is 1.53. The zero-order valence-electron chi connectivity index (χ0n) is 17.7. The van der Waals surface area contributed by atoms with Crippen molar-refractivity contribution in [2.45, 2.75) is 39.3 Å². The number of nitrogens with one attached hydrogen (secondary N) is 1. The average molecular weight is 406 g/mol. The molecule has 0 amide bonds. The van der Waals surface area contributed by atoms with Gasteiger partial charge in [-0.15, -0.1) is 0 Å². The maximum absolute atomic E-state index is 9.86. The Labute approximate surface area is 175 Å². The molecule has 2 aromatic heterocycles. The topological polar surface area (TPSA) is 110 Å². The number of aromatic nitrogens is 4. The van der Waals surface area contributed by atoms with Crippen molar-refractivity contribution in [3.63, 3.8) is 0 Å². The van der Waals surface area contributed by atoms with Crippen LogP contribution in [-0.2, 0) is 0 Å². The van der Waals surface area contributed by atoms with Gasteiger partial charge in [-0.1, -0.05) is 32.0 Å². The Bertz CT molecular complexity index is 1190. The van der Waals surface area contributed by atoms with Crippen LogP contribution < -0.4 is 10.5 Å². The van der Waals surface area contributed by atoms with E-state index in [1.807, 2.05) is 30.3 Å². The Morgan fingerprint density at radius 3 is 2.57 bits per heavy atom. The van der Waals surface area contributed by atoms with Gasteiger partial charge < -0.3 is 15.6 Å². The van der Waals surface area contributed by atoms with Crippen molar-refractivity contribution in [3.05, 3.63) is 48.4 Å². The number of aliphatic hydroxyl groups is 1. The number of benzene rings is 2. The van der Waals surface area contributed by atoms with Gasteiger partial charge in [-0.3, -0.25) is 5.10 Å². The molecule has 0 saturated heterocycles. The van der Waals surface area contributed by atoms with E-state index in [0.29, 0.717) is 5.65 Å². The molecule has 0 radical (unpaired) electrons. The molecule has 7 heteroatoms. The number of fused-ring (bicyclic) bond motifs is 2. The van der Waals surface area contributed by atoms with Crippen molar-refractivity contribution in [3.8, 4) is 17.0 Å². The number of H-pyrrole nitrogens is 1. The molecule has 30 heavy (non-hydrogen) atoms. The van der Waals surface area contributed by atoms with Crippen molar-refractivity contribution < 1.29 is 9.84 Å². The third kappa shape index (κ3) is 3.99. The van der Waals surface area contributed by atoms with Crippen LogP contribution in [0.3, 0.4) is 0 Å². The van der Waals surface area contributed by atoms with Crippen molar-refractivity contribution in [2.24, 2.45) is 11.7 Å². The lowest BCUT2D eigenvalue weighted by Crippen LogP contribution is -2.27. The Morgan fingerprint density at radius 2 is 1.83 bits per heavy atom. The fraction of sp³-hybridized carbons (Fsp3) is 0.348. The van der Waals surface area contributed by atoms with Gasteiger partial charge in [0.1, 0.15) is 24.4 Å². The van der Waals surface area contributed by atoms with Gasteiger partial charge in [-0.05, 0) is 48.7 Å². The number of nitrogens with zero attached hydrogens (tertiary/aromatic N) is 3. The first kappa shape index (κ1) is 20.3. The van der Waals surface area contributed by atoms with Crippen LogP contribution in [0.4, 0.5) is 0 Å². The minimum absolute atomic E-state index is 0.206. The lowest BCUT2D eigenvalue weighted by Gasteiger charge is -2.18. The lowest BCUT2D eigenvalue weighted by molar-refractivity contribution is 0.0285. The Hall–Kier alpha value is -3.03. The van der Waals surface area contributed by atoms with Crippen LogP contribution in [0.2, 0.25) is 0 Å². The third-order valence-corrected chi connectivity index (χ3v) is 5.10. The number of nitrogens with two attached hydrogens (primary N) is 1. The highest BCUT2D eigenvalue weighted by Crippen LogP contribution is 2.33. The zero-order chi connectivity index (χ0) is 21.5. The molecule has 0 aliphatic carbocycles. The van der Waals surface area contributed by atoms with Gasteiger partial charge in [0.05, 0.1) is 22.7 Å². The summed E-state index contributed by atoms with van der Waals surface area (Å²) in [5, 5.41) is 20.4. The number of ether oxygens (including phenoxy) is 1. The maximum Gasteiger partial charge on any atom is 0.159 e. The summed E-state index contributed by atoms with van der Waals surface area (Å²) in [7, 11) is 0. The monoisotopic (exact) mass is 405 g/mol. The van der Waals surface area contributed by atoms with E-state index in [9.17, 15) is 5.11 Å². The standard InChI is InChI=1S/C23H27N5O2/c1-13(2)19(24)21-18-20(27-28-22(18)26-12-25-21)16-6-5-15-10-17(8-7-14(15)9-16)30-11-23(3,4)29/h5-10,12-13,19,29H,11,24H2,1-4H3,(H,25,26,27,28). The first-order valence-electron chi connectivity index (χ1n) is 10.1. The average Bonchev–Trinajstić information content (AvgIpc) is 3.15. The first-order chi connectivity index (χ1) is 14.2. The van der Waals surface area contributed by atoms with E-state index in [0.717, 1.165) is 38.9 Å². The number of hydrogen-bond donors (Lipinski definition) is 3. The van der Waals surface area contributed by atoms with Crippen LogP contribution in [0.5, 0.6) is 5.75 Å². The van der Waals surface area contributed by atoms with Gasteiger partial charge in [-0.25, -0.2) is 9.97 Å². The van der Waals surface area contributed by atoms with Crippen LogP contribution in [0, 0.1) is 5.92 Å². The third-order valence-electron chi connectivity index (χ3n) is 5.10. The predicted molar refractivity (Wildman–Crippen MR) is 118 cm³/mol. The molecule has 1 atom stereocenters. The highest BCUT2D eigenvalue weighted by atomic mass is 16.5. The van der Waals surface area contributed by atoms with E-state index in [4.69, 9.17) is 10.5 Å². The van der Waals surface area contributed by atoms with E-state index >= 15 is 0 Å². The van der Waals surface area contributed by atoms with Crippen LogP contribution in [0.15, 0.2) is 42.7 Å². The summed E-state index contributed by atoms with van der Waals surface area (Å²) in [6.45, 7) is 7.82. The van der Waals surface area contributed by atoms with E-state index in [1.54, 1.807) is 13.8 Å². The highest BCUT2D eigenvalue weighted by Gasteiger charge is 2.21. The zero-order valence-corrected chi connectivity index (χ0v) is 17.7. The van der Waals surface area contributed by atoms with Crippen LogP contribution >= 0.6 is 0 Å². The van der Waals surface area contributed by atoms with Gasteiger partial charge in [-0.2, -0.15) is 5.10 Å². The second kappa shape index (κ2) is 7.66. The Balaban J connectivity index is 1.74. The SMILES string of the molecule is CC(C)C(N)c1ncnc2[nH]nc(-c3ccc4cc(OCC(C)(C)O)ccc4c3)c12. The second-order valence-corrected chi connectivity index (χ2v) is 8.65. The van der Waals surface area contributed by atoms with E-state index in [-0.39, 0.29) is 18.6 Å². The van der Waals surface area contributed by atoms with E-state index in [2.05, 4.69) is 40.1 Å². The van der Waals surface area contributed by atoms with Gasteiger partial charge in [0.15, 0.2) is 5.65 Å². The molecule has 7 nitrogen and oxygen atoms in total. The number of rotatable bonds is 6. The van der Waals surface area contributed by atoms with Crippen molar-refractivity contribution in [1.29, 1.82) is 0 Å². The fourth-order valence-corrected chi connectivity index (χ4v) is 3.38.